The van der Waals surface area contributed by atoms with Crippen molar-refractivity contribution < 1.29 is 8.78 Å². The topological polar surface area (TPSA) is 29.3 Å². The number of likely N-dealkylation sites (N-methyl/N-ethyl adjacent to an activating group) is 1. The Kier molecular flexibility index (Phi) is 6.22. The summed E-state index contributed by atoms with van der Waals surface area (Å²) in [6, 6.07) is 3.59. The predicted molar refractivity (Wildman–Crippen MR) is 70.3 cm³/mol. The van der Waals surface area contributed by atoms with E-state index in [1.165, 1.54) is 6.07 Å². The van der Waals surface area contributed by atoms with Gasteiger partial charge in [0.15, 0.2) is 11.6 Å². The largest absolute Gasteiger partial charge is 0.323 e. The Morgan fingerprint density at radius 3 is 2.50 bits per heavy atom. The van der Waals surface area contributed by atoms with Crippen molar-refractivity contribution >= 4 is 0 Å². The number of hydrogen-bond donors (Lipinski definition) is 1. The molecule has 1 aromatic carbocycles. The maximum Gasteiger partial charge on any atom is 0.159 e. The lowest BCUT2D eigenvalue weighted by Crippen LogP contribution is -2.33. The molecular formula is C14H22F2N2. The Morgan fingerprint density at radius 1 is 1.22 bits per heavy atom. The summed E-state index contributed by atoms with van der Waals surface area (Å²) in [6.45, 7) is 6.79. The molecule has 4 heteroatoms. The molecule has 0 spiro atoms. The van der Waals surface area contributed by atoms with Crippen LogP contribution in [0.3, 0.4) is 0 Å². The molecule has 2 nitrogen and oxygen atoms in total. The van der Waals surface area contributed by atoms with Gasteiger partial charge in [-0.05, 0) is 37.2 Å². The summed E-state index contributed by atoms with van der Waals surface area (Å²) >= 11 is 0. The summed E-state index contributed by atoms with van der Waals surface area (Å²) < 4.78 is 25.9. The zero-order chi connectivity index (χ0) is 13.5. The average Bonchev–Trinajstić information content (AvgIpc) is 2.37. The molecule has 1 rings (SSSR count). The van der Waals surface area contributed by atoms with Gasteiger partial charge >= 0.3 is 0 Å². The van der Waals surface area contributed by atoms with E-state index < -0.39 is 11.6 Å². The highest BCUT2D eigenvalue weighted by Gasteiger charge is 2.13. The minimum atomic E-state index is -0.834. The van der Waals surface area contributed by atoms with E-state index in [4.69, 9.17) is 5.73 Å². The fourth-order valence-corrected chi connectivity index (χ4v) is 1.89. The van der Waals surface area contributed by atoms with Gasteiger partial charge in [0.25, 0.3) is 0 Å². The fourth-order valence-electron chi connectivity index (χ4n) is 1.89. The van der Waals surface area contributed by atoms with E-state index in [1.54, 1.807) is 6.07 Å². The molecule has 0 aliphatic heterocycles. The van der Waals surface area contributed by atoms with Crippen LogP contribution < -0.4 is 5.73 Å². The van der Waals surface area contributed by atoms with Gasteiger partial charge in [0.1, 0.15) is 0 Å². The van der Waals surface area contributed by atoms with Crippen LogP contribution >= 0.6 is 0 Å². The van der Waals surface area contributed by atoms with Crippen LogP contribution in [0.1, 0.15) is 38.3 Å². The fraction of sp³-hybridized carbons (Fsp3) is 0.571. The lowest BCUT2D eigenvalue weighted by molar-refractivity contribution is 0.266. The number of rotatable bonds is 7. The van der Waals surface area contributed by atoms with Crippen LogP contribution in [-0.4, -0.2) is 24.5 Å². The molecule has 102 valence electrons. The summed E-state index contributed by atoms with van der Waals surface area (Å²) in [5, 5.41) is 0. The summed E-state index contributed by atoms with van der Waals surface area (Å²) in [5.41, 5.74) is 6.67. The number of halogens is 2. The molecule has 1 unspecified atom stereocenters. The third-order valence-electron chi connectivity index (χ3n) is 3.10. The molecule has 0 saturated heterocycles. The van der Waals surface area contributed by atoms with Crippen molar-refractivity contribution in [2.75, 3.05) is 19.6 Å². The molecule has 1 atom stereocenters. The maximum atomic E-state index is 13.1. The van der Waals surface area contributed by atoms with Crippen LogP contribution in [0, 0.1) is 11.6 Å². The molecule has 0 heterocycles. The molecule has 0 fully saturated rings. The zero-order valence-electron chi connectivity index (χ0n) is 11.1. The molecular weight excluding hydrogens is 234 g/mol. The quantitative estimate of drug-likeness (QED) is 0.812. The van der Waals surface area contributed by atoms with Crippen LogP contribution in [0.25, 0.3) is 0 Å². The number of hydrogen-bond acceptors (Lipinski definition) is 2. The van der Waals surface area contributed by atoms with E-state index in [1.807, 2.05) is 0 Å². The van der Waals surface area contributed by atoms with Crippen molar-refractivity contribution in [3.8, 4) is 0 Å². The van der Waals surface area contributed by atoms with Gasteiger partial charge in [0.05, 0.1) is 0 Å². The Morgan fingerprint density at radius 2 is 1.94 bits per heavy atom. The highest BCUT2D eigenvalue weighted by atomic mass is 19.2. The summed E-state index contributed by atoms with van der Waals surface area (Å²) in [7, 11) is 0. The molecule has 0 aliphatic carbocycles. The van der Waals surface area contributed by atoms with Gasteiger partial charge in [-0.2, -0.15) is 0 Å². The average molecular weight is 256 g/mol. The van der Waals surface area contributed by atoms with Gasteiger partial charge < -0.3 is 10.6 Å². The van der Waals surface area contributed by atoms with Gasteiger partial charge in [0.2, 0.25) is 0 Å². The molecule has 0 saturated carbocycles. The first kappa shape index (κ1) is 15.1. The van der Waals surface area contributed by atoms with Crippen LogP contribution in [0.5, 0.6) is 0 Å². The third-order valence-corrected chi connectivity index (χ3v) is 3.10. The first-order chi connectivity index (χ1) is 8.58. The van der Waals surface area contributed by atoms with E-state index >= 15 is 0 Å². The van der Waals surface area contributed by atoms with Gasteiger partial charge in [0, 0.05) is 12.6 Å². The van der Waals surface area contributed by atoms with Gasteiger partial charge in [-0.3, -0.25) is 0 Å². The lowest BCUT2D eigenvalue weighted by Gasteiger charge is -2.24. The van der Waals surface area contributed by atoms with Crippen molar-refractivity contribution in [3.05, 3.63) is 35.4 Å². The van der Waals surface area contributed by atoms with Gasteiger partial charge in [-0.15, -0.1) is 0 Å². The van der Waals surface area contributed by atoms with E-state index in [0.717, 1.165) is 32.0 Å². The second-order valence-electron chi connectivity index (χ2n) is 4.53. The number of unbranched alkanes of at least 4 members (excludes halogenated alkanes) is 1. The Bertz CT molecular complexity index is 369. The molecule has 0 bridgehead atoms. The first-order valence-electron chi connectivity index (χ1n) is 6.51. The van der Waals surface area contributed by atoms with Gasteiger partial charge in [-0.25, -0.2) is 8.78 Å². The maximum absolute atomic E-state index is 13.1. The Balaban J connectivity index is 2.62. The standard InChI is InChI=1S/C14H22F2N2/c1-3-5-8-18(4-2)10-14(17)11-6-7-12(15)13(16)9-11/h6-7,9,14H,3-5,8,10,17H2,1-2H3. The first-order valence-corrected chi connectivity index (χ1v) is 6.51. The smallest absolute Gasteiger partial charge is 0.159 e. The molecule has 0 aromatic heterocycles. The second kappa shape index (κ2) is 7.44. The minimum Gasteiger partial charge on any atom is -0.323 e. The predicted octanol–water partition coefficient (Wildman–Crippen LogP) is 3.09. The molecule has 0 amide bonds. The van der Waals surface area contributed by atoms with E-state index in [9.17, 15) is 8.78 Å². The van der Waals surface area contributed by atoms with Crippen LogP contribution in [0.15, 0.2) is 18.2 Å². The summed E-state index contributed by atoms with van der Waals surface area (Å²) in [4.78, 5) is 2.23. The van der Waals surface area contributed by atoms with Gasteiger partial charge in [-0.1, -0.05) is 26.3 Å². The van der Waals surface area contributed by atoms with Crippen molar-refractivity contribution in [1.29, 1.82) is 0 Å². The molecule has 18 heavy (non-hydrogen) atoms. The molecule has 0 radical (unpaired) electrons. The summed E-state index contributed by atoms with van der Waals surface area (Å²) in [5.74, 6) is -1.66. The monoisotopic (exact) mass is 256 g/mol. The molecule has 0 aliphatic rings. The highest BCUT2D eigenvalue weighted by Crippen LogP contribution is 2.15. The Labute approximate surface area is 108 Å². The van der Waals surface area contributed by atoms with E-state index in [0.29, 0.717) is 12.1 Å². The summed E-state index contributed by atoms with van der Waals surface area (Å²) in [6.07, 6.45) is 2.26. The third kappa shape index (κ3) is 4.35. The van der Waals surface area contributed by atoms with Crippen LogP contribution in [-0.2, 0) is 0 Å². The second-order valence-corrected chi connectivity index (χ2v) is 4.53. The number of nitrogens with zero attached hydrogens (tertiary/aromatic N) is 1. The Hall–Kier alpha value is -1.00. The van der Waals surface area contributed by atoms with Crippen molar-refractivity contribution in [1.82, 2.24) is 4.90 Å². The highest BCUT2D eigenvalue weighted by molar-refractivity contribution is 5.21. The normalized spacial score (nSPS) is 13.0. The lowest BCUT2D eigenvalue weighted by atomic mass is 10.1. The van der Waals surface area contributed by atoms with E-state index in [2.05, 4.69) is 18.7 Å². The molecule has 1 aromatic rings. The van der Waals surface area contributed by atoms with Crippen molar-refractivity contribution in [3.63, 3.8) is 0 Å². The van der Waals surface area contributed by atoms with E-state index in [-0.39, 0.29) is 6.04 Å². The van der Waals surface area contributed by atoms with Crippen LogP contribution in [0.2, 0.25) is 0 Å². The van der Waals surface area contributed by atoms with Crippen molar-refractivity contribution in [2.24, 2.45) is 5.73 Å². The van der Waals surface area contributed by atoms with Crippen molar-refractivity contribution in [2.45, 2.75) is 32.7 Å². The SMILES string of the molecule is CCCCN(CC)CC(N)c1ccc(F)c(F)c1. The number of nitrogens with two attached hydrogens (primary N) is 1. The zero-order valence-corrected chi connectivity index (χ0v) is 11.1. The minimum absolute atomic E-state index is 0.281. The van der Waals surface area contributed by atoms with Crippen LogP contribution in [0.4, 0.5) is 8.78 Å². The molecule has 2 N–H and O–H groups in total. The number of benzene rings is 1.